The van der Waals surface area contributed by atoms with Crippen molar-refractivity contribution < 1.29 is 17.9 Å². The van der Waals surface area contributed by atoms with E-state index in [-0.39, 0.29) is 23.4 Å². The van der Waals surface area contributed by atoms with Gasteiger partial charge in [0.25, 0.3) is 10.0 Å². The molecule has 1 unspecified atom stereocenters. The number of carbonyl (C=O) groups is 1. The lowest BCUT2D eigenvalue weighted by molar-refractivity contribution is -0.120. The molecule has 0 bridgehead atoms. The Morgan fingerprint density at radius 3 is 2.37 bits per heavy atom. The number of anilines is 1. The smallest absolute Gasteiger partial charge is 0.264 e. The highest BCUT2D eigenvalue weighted by atomic mass is 32.2. The maximum atomic E-state index is 13.7. The topological polar surface area (TPSA) is 75.7 Å². The lowest BCUT2D eigenvalue weighted by atomic mass is 9.89. The van der Waals surface area contributed by atoms with Crippen LogP contribution in [0, 0.1) is 20.8 Å². The summed E-state index contributed by atoms with van der Waals surface area (Å²) in [7, 11) is -3.97. The Bertz CT molecular complexity index is 1350. The third-order valence-corrected chi connectivity index (χ3v) is 8.17. The van der Waals surface area contributed by atoms with Crippen LogP contribution >= 0.6 is 0 Å². The fraction of sp³-hybridized carbons (Fsp3) is 0.321. The number of rotatable bonds is 6. The number of nitrogens with one attached hydrogen (secondary N) is 1. The van der Waals surface area contributed by atoms with E-state index in [2.05, 4.69) is 5.32 Å². The standard InChI is InChI=1S/C28H32N2O4S/c1-19-10-14-23(15-11-19)35(32,33)30(22-13-12-20(2)21(3)16-22)18-27(31)29-25-17-28(4,5)34-26-9-7-6-8-24(25)26/h6-16,25H,17-18H2,1-5H3,(H,29,31). The lowest BCUT2D eigenvalue weighted by Gasteiger charge is -2.38. The molecule has 3 aromatic carbocycles. The van der Waals surface area contributed by atoms with Gasteiger partial charge in [0.05, 0.1) is 16.6 Å². The first-order valence-corrected chi connectivity index (χ1v) is 13.1. The van der Waals surface area contributed by atoms with Crippen LogP contribution < -0.4 is 14.4 Å². The summed E-state index contributed by atoms with van der Waals surface area (Å²) in [6.07, 6.45) is 0.574. The normalized spacial score (nSPS) is 16.7. The van der Waals surface area contributed by atoms with Gasteiger partial charge < -0.3 is 10.1 Å². The maximum Gasteiger partial charge on any atom is 0.264 e. The fourth-order valence-corrected chi connectivity index (χ4v) is 5.75. The van der Waals surface area contributed by atoms with Gasteiger partial charge in [0.15, 0.2) is 0 Å². The average Bonchev–Trinajstić information content (AvgIpc) is 2.79. The zero-order valence-corrected chi connectivity index (χ0v) is 21.6. The predicted molar refractivity (Wildman–Crippen MR) is 138 cm³/mol. The number of fused-ring (bicyclic) bond motifs is 1. The number of para-hydroxylation sites is 1. The van der Waals surface area contributed by atoms with Gasteiger partial charge in [0, 0.05) is 12.0 Å². The van der Waals surface area contributed by atoms with Gasteiger partial charge in [-0.15, -0.1) is 0 Å². The highest BCUT2D eigenvalue weighted by molar-refractivity contribution is 7.92. The van der Waals surface area contributed by atoms with Crippen molar-refractivity contribution in [2.75, 3.05) is 10.8 Å². The number of nitrogens with zero attached hydrogens (tertiary/aromatic N) is 1. The van der Waals surface area contributed by atoms with Gasteiger partial charge in [-0.05, 0) is 76.1 Å². The Kier molecular flexibility index (Phi) is 6.64. The van der Waals surface area contributed by atoms with Gasteiger partial charge in [-0.2, -0.15) is 0 Å². The van der Waals surface area contributed by atoms with Crippen LogP contribution in [0.1, 0.15) is 48.6 Å². The molecule has 1 amide bonds. The van der Waals surface area contributed by atoms with Crippen molar-refractivity contribution in [1.29, 1.82) is 0 Å². The minimum atomic E-state index is -3.97. The second-order valence-corrected chi connectivity index (χ2v) is 11.7. The molecule has 0 fully saturated rings. The van der Waals surface area contributed by atoms with E-state index < -0.39 is 15.6 Å². The molecule has 35 heavy (non-hydrogen) atoms. The molecule has 3 aromatic rings. The maximum absolute atomic E-state index is 13.7. The largest absolute Gasteiger partial charge is 0.487 e. The first-order chi connectivity index (χ1) is 16.5. The molecule has 1 aliphatic rings. The summed E-state index contributed by atoms with van der Waals surface area (Å²) in [5.74, 6) is 0.351. The van der Waals surface area contributed by atoms with Crippen molar-refractivity contribution in [2.45, 2.75) is 57.6 Å². The van der Waals surface area contributed by atoms with Crippen molar-refractivity contribution in [3.8, 4) is 5.75 Å². The van der Waals surface area contributed by atoms with Crippen molar-refractivity contribution >= 4 is 21.6 Å². The third-order valence-electron chi connectivity index (χ3n) is 6.39. The molecule has 1 heterocycles. The molecule has 1 aliphatic heterocycles. The number of ether oxygens (including phenoxy) is 1. The van der Waals surface area contributed by atoms with E-state index in [1.54, 1.807) is 36.4 Å². The first kappa shape index (κ1) is 24.8. The van der Waals surface area contributed by atoms with Crippen molar-refractivity contribution in [1.82, 2.24) is 5.32 Å². The number of benzene rings is 3. The van der Waals surface area contributed by atoms with Crippen LogP contribution in [-0.2, 0) is 14.8 Å². The Morgan fingerprint density at radius 2 is 1.69 bits per heavy atom. The van der Waals surface area contributed by atoms with Gasteiger partial charge >= 0.3 is 0 Å². The van der Waals surface area contributed by atoms with E-state index in [1.807, 2.05) is 65.0 Å². The molecular weight excluding hydrogens is 460 g/mol. The lowest BCUT2D eigenvalue weighted by Crippen LogP contribution is -2.45. The summed E-state index contributed by atoms with van der Waals surface area (Å²) >= 11 is 0. The number of carbonyl (C=O) groups excluding carboxylic acids is 1. The van der Waals surface area contributed by atoms with Gasteiger partial charge in [0.2, 0.25) is 5.91 Å². The number of hydrogen-bond donors (Lipinski definition) is 1. The molecule has 4 rings (SSSR count). The SMILES string of the molecule is Cc1ccc(S(=O)(=O)N(CC(=O)NC2CC(C)(C)Oc3ccccc32)c2ccc(C)c(C)c2)cc1. The van der Waals surface area contributed by atoms with E-state index in [4.69, 9.17) is 4.74 Å². The quantitative estimate of drug-likeness (QED) is 0.512. The summed E-state index contributed by atoms with van der Waals surface area (Å²) in [4.78, 5) is 13.5. The second kappa shape index (κ2) is 9.38. The number of sulfonamides is 1. The van der Waals surface area contributed by atoms with E-state index in [9.17, 15) is 13.2 Å². The summed E-state index contributed by atoms with van der Waals surface area (Å²) in [6, 6.07) is 19.4. The molecule has 1 atom stereocenters. The van der Waals surface area contributed by atoms with Gasteiger partial charge in [-0.3, -0.25) is 9.10 Å². The molecule has 184 valence electrons. The molecular formula is C28H32N2O4S. The molecule has 0 aromatic heterocycles. The molecule has 1 N–H and O–H groups in total. The Hall–Kier alpha value is -3.32. The van der Waals surface area contributed by atoms with Gasteiger partial charge in [-0.1, -0.05) is 42.0 Å². The molecule has 0 spiro atoms. The predicted octanol–water partition coefficient (Wildman–Crippen LogP) is 5.23. The summed E-state index contributed by atoms with van der Waals surface area (Å²) in [5.41, 5.74) is 3.84. The molecule has 0 radical (unpaired) electrons. The Morgan fingerprint density at radius 1 is 1.00 bits per heavy atom. The van der Waals surface area contributed by atoms with Crippen LogP contribution in [0.4, 0.5) is 5.69 Å². The second-order valence-electron chi connectivity index (χ2n) is 9.82. The zero-order valence-electron chi connectivity index (χ0n) is 20.8. The van der Waals surface area contributed by atoms with Gasteiger partial charge in [-0.25, -0.2) is 8.42 Å². The van der Waals surface area contributed by atoms with Crippen LogP contribution in [0.2, 0.25) is 0 Å². The number of hydrogen-bond acceptors (Lipinski definition) is 4. The van der Waals surface area contributed by atoms with Crippen molar-refractivity contribution in [2.24, 2.45) is 0 Å². The fourth-order valence-electron chi connectivity index (χ4n) is 4.33. The third kappa shape index (κ3) is 5.35. The number of amides is 1. The zero-order chi connectivity index (χ0) is 25.4. The van der Waals surface area contributed by atoms with Crippen LogP contribution in [0.15, 0.2) is 71.6 Å². The van der Waals surface area contributed by atoms with Crippen LogP contribution in [0.3, 0.4) is 0 Å². The number of aryl methyl sites for hydroxylation is 3. The first-order valence-electron chi connectivity index (χ1n) is 11.7. The van der Waals surface area contributed by atoms with Crippen molar-refractivity contribution in [3.63, 3.8) is 0 Å². The van der Waals surface area contributed by atoms with E-state index in [0.29, 0.717) is 12.1 Å². The van der Waals surface area contributed by atoms with Gasteiger partial charge in [0.1, 0.15) is 17.9 Å². The summed E-state index contributed by atoms with van der Waals surface area (Å²) < 4.78 is 34.7. The van der Waals surface area contributed by atoms with Crippen LogP contribution in [-0.4, -0.2) is 26.5 Å². The molecule has 0 aliphatic carbocycles. The van der Waals surface area contributed by atoms with E-state index in [0.717, 1.165) is 28.0 Å². The Labute approximate surface area is 208 Å². The average molecular weight is 493 g/mol. The van der Waals surface area contributed by atoms with Crippen LogP contribution in [0.5, 0.6) is 5.75 Å². The summed E-state index contributed by atoms with van der Waals surface area (Å²) in [6.45, 7) is 9.42. The molecule has 0 saturated heterocycles. The molecule has 7 heteroatoms. The minimum Gasteiger partial charge on any atom is -0.487 e. The Balaban J connectivity index is 1.66. The monoisotopic (exact) mass is 492 g/mol. The van der Waals surface area contributed by atoms with E-state index >= 15 is 0 Å². The van der Waals surface area contributed by atoms with Crippen LogP contribution in [0.25, 0.3) is 0 Å². The van der Waals surface area contributed by atoms with E-state index in [1.165, 1.54) is 4.31 Å². The molecule has 0 saturated carbocycles. The highest BCUT2D eigenvalue weighted by Crippen LogP contribution is 2.39. The highest BCUT2D eigenvalue weighted by Gasteiger charge is 2.35. The summed E-state index contributed by atoms with van der Waals surface area (Å²) in [5, 5.41) is 3.06. The van der Waals surface area contributed by atoms with Crippen molar-refractivity contribution in [3.05, 3.63) is 89.0 Å². The minimum absolute atomic E-state index is 0.145. The molecule has 6 nitrogen and oxygen atoms in total.